The number of nitrogens with one attached hydrogen (secondary N) is 1. The molecule has 0 radical (unpaired) electrons. The summed E-state index contributed by atoms with van der Waals surface area (Å²) in [6, 6.07) is 6.05. The number of amides is 1. The SMILES string of the molecule is Cc1ccc(NC(=O)CN2CCCN(Cc3nccs3)CC2)cc1C. The summed E-state index contributed by atoms with van der Waals surface area (Å²) in [7, 11) is 0. The van der Waals surface area contributed by atoms with Crippen molar-refractivity contribution < 1.29 is 4.79 Å². The highest BCUT2D eigenvalue weighted by Gasteiger charge is 2.18. The first-order chi connectivity index (χ1) is 12.1. The first-order valence-electron chi connectivity index (χ1n) is 8.80. The molecular formula is C19H26N4OS. The highest BCUT2D eigenvalue weighted by Crippen LogP contribution is 2.15. The van der Waals surface area contributed by atoms with Crippen molar-refractivity contribution in [3.63, 3.8) is 0 Å². The average Bonchev–Trinajstić information content (AvgIpc) is 2.99. The fraction of sp³-hybridized carbons (Fsp3) is 0.474. The van der Waals surface area contributed by atoms with Crippen LogP contribution in [0.25, 0.3) is 0 Å². The lowest BCUT2D eigenvalue weighted by molar-refractivity contribution is -0.117. The molecule has 0 saturated carbocycles. The lowest BCUT2D eigenvalue weighted by Crippen LogP contribution is -2.36. The number of benzene rings is 1. The van der Waals surface area contributed by atoms with Gasteiger partial charge in [0.2, 0.25) is 5.91 Å². The summed E-state index contributed by atoms with van der Waals surface area (Å²) in [4.78, 5) is 21.4. The van der Waals surface area contributed by atoms with Crippen LogP contribution in [0.1, 0.15) is 22.6 Å². The van der Waals surface area contributed by atoms with Gasteiger partial charge in [-0.05, 0) is 56.6 Å². The van der Waals surface area contributed by atoms with Crippen LogP contribution < -0.4 is 5.32 Å². The second-order valence-electron chi connectivity index (χ2n) is 6.68. The van der Waals surface area contributed by atoms with Crippen molar-refractivity contribution in [2.75, 3.05) is 38.0 Å². The average molecular weight is 359 g/mol. The predicted octanol–water partition coefficient (Wildman–Crippen LogP) is 2.91. The zero-order valence-electron chi connectivity index (χ0n) is 15.0. The van der Waals surface area contributed by atoms with E-state index in [1.54, 1.807) is 11.3 Å². The van der Waals surface area contributed by atoms with E-state index in [1.165, 1.54) is 16.1 Å². The molecule has 2 heterocycles. The second kappa shape index (κ2) is 8.56. The molecule has 0 atom stereocenters. The molecule has 0 spiro atoms. The number of hydrogen-bond acceptors (Lipinski definition) is 5. The van der Waals surface area contributed by atoms with Crippen molar-refractivity contribution in [2.24, 2.45) is 0 Å². The molecule has 134 valence electrons. The van der Waals surface area contributed by atoms with Crippen LogP contribution in [0.2, 0.25) is 0 Å². The molecule has 1 fully saturated rings. The summed E-state index contributed by atoms with van der Waals surface area (Å²) in [6.45, 7) is 9.45. The smallest absolute Gasteiger partial charge is 0.238 e. The van der Waals surface area contributed by atoms with Crippen LogP contribution in [0, 0.1) is 13.8 Å². The molecular weight excluding hydrogens is 332 g/mol. The fourth-order valence-corrected chi connectivity index (χ4v) is 3.74. The van der Waals surface area contributed by atoms with E-state index in [4.69, 9.17) is 0 Å². The third-order valence-corrected chi connectivity index (χ3v) is 5.45. The summed E-state index contributed by atoms with van der Waals surface area (Å²) >= 11 is 1.71. The van der Waals surface area contributed by atoms with Crippen molar-refractivity contribution in [1.82, 2.24) is 14.8 Å². The molecule has 1 aliphatic rings. The molecule has 3 rings (SSSR count). The molecule has 1 aromatic carbocycles. The van der Waals surface area contributed by atoms with Crippen molar-refractivity contribution in [1.29, 1.82) is 0 Å². The first-order valence-corrected chi connectivity index (χ1v) is 9.68. The minimum absolute atomic E-state index is 0.0663. The van der Waals surface area contributed by atoms with Gasteiger partial charge in [-0.15, -0.1) is 11.3 Å². The largest absolute Gasteiger partial charge is 0.325 e. The quantitative estimate of drug-likeness (QED) is 0.893. The minimum atomic E-state index is 0.0663. The van der Waals surface area contributed by atoms with E-state index >= 15 is 0 Å². The number of carbonyl (C=O) groups is 1. The van der Waals surface area contributed by atoms with Crippen molar-refractivity contribution in [2.45, 2.75) is 26.8 Å². The number of anilines is 1. The van der Waals surface area contributed by atoms with Gasteiger partial charge in [-0.2, -0.15) is 0 Å². The second-order valence-corrected chi connectivity index (χ2v) is 7.66. The Morgan fingerprint density at radius 3 is 2.72 bits per heavy atom. The van der Waals surface area contributed by atoms with Crippen LogP contribution >= 0.6 is 11.3 Å². The van der Waals surface area contributed by atoms with Crippen molar-refractivity contribution >= 4 is 22.9 Å². The summed E-state index contributed by atoms with van der Waals surface area (Å²) in [5.41, 5.74) is 3.32. The highest BCUT2D eigenvalue weighted by atomic mass is 32.1. The minimum Gasteiger partial charge on any atom is -0.325 e. The zero-order chi connectivity index (χ0) is 17.6. The molecule has 5 nitrogen and oxygen atoms in total. The van der Waals surface area contributed by atoms with Gasteiger partial charge in [-0.25, -0.2) is 4.98 Å². The summed E-state index contributed by atoms with van der Waals surface area (Å²) in [6.07, 6.45) is 2.95. The standard InChI is InChI=1S/C19H26N4OS/c1-15-4-5-17(12-16(15)2)21-18(24)13-22-7-3-8-23(10-9-22)14-19-20-6-11-25-19/h4-6,11-12H,3,7-10,13-14H2,1-2H3,(H,21,24). The lowest BCUT2D eigenvalue weighted by Gasteiger charge is -2.20. The van der Waals surface area contributed by atoms with Crippen LogP contribution in [-0.2, 0) is 11.3 Å². The first kappa shape index (κ1) is 18.0. The highest BCUT2D eigenvalue weighted by molar-refractivity contribution is 7.09. The van der Waals surface area contributed by atoms with E-state index in [0.29, 0.717) is 6.54 Å². The van der Waals surface area contributed by atoms with E-state index in [1.807, 2.05) is 29.8 Å². The van der Waals surface area contributed by atoms with Gasteiger partial charge in [0.1, 0.15) is 5.01 Å². The molecule has 2 aromatic rings. The van der Waals surface area contributed by atoms with Crippen LogP contribution in [0.3, 0.4) is 0 Å². The van der Waals surface area contributed by atoms with Crippen LogP contribution in [0.4, 0.5) is 5.69 Å². The van der Waals surface area contributed by atoms with E-state index in [2.05, 4.69) is 33.9 Å². The van der Waals surface area contributed by atoms with Crippen LogP contribution in [-0.4, -0.2) is 53.4 Å². The molecule has 1 aliphatic heterocycles. The maximum atomic E-state index is 12.4. The molecule has 6 heteroatoms. The Morgan fingerprint density at radius 1 is 1.16 bits per heavy atom. The van der Waals surface area contributed by atoms with E-state index in [9.17, 15) is 4.79 Å². The maximum absolute atomic E-state index is 12.4. The molecule has 1 N–H and O–H groups in total. The zero-order valence-corrected chi connectivity index (χ0v) is 15.8. The summed E-state index contributed by atoms with van der Waals surface area (Å²) in [5, 5.41) is 6.21. The maximum Gasteiger partial charge on any atom is 0.238 e. The third kappa shape index (κ3) is 5.36. The van der Waals surface area contributed by atoms with E-state index < -0.39 is 0 Å². The number of hydrogen-bond donors (Lipinski definition) is 1. The van der Waals surface area contributed by atoms with Gasteiger partial charge in [0.25, 0.3) is 0 Å². The Labute approximate surface area is 153 Å². The number of thiazole rings is 1. The molecule has 1 amide bonds. The van der Waals surface area contributed by atoms with Gasteiger partial charge < -0.3 is 5.32 Å². The van der Waals surface area contributed by atoms with Crippen molar-refractivity contribution in [3.05, 3.63) is 45.9 Å². The fourth-order valence-electron chi connectivity index (χ4n) is 3.09. The Kier molecular flexibility index (Phi) is 6.18. The van der Waals surface area contributed by atoms with Crippen LogP contribution in [0.5, 0.6) is 0 Å². The van der Waals surface area contributed by atoms with Gasteiger partial charge in [-0.1, -0.05) is 6.07 Å². The molecule has 1 saturated heterocycles. The lowest BCUT2D eigenvalue weighted by atomic mass is 10.1. The number of aryl methyl sites for hydroxylation is 2. The Morgan fingerprint density at radius 2 is 1.96 bits per heavy atom. The molecule has 0 bridgehead atoms. The van der Waals surface area contributed by atoms with E-state index in [0.717, 1.165) is 44.8 Å². The number of aromatic nitrogens is 1. The van der Waals surface area contributed by atoms with Gasteiger partial charge >= 0.3 is 0 Å². The summed E-state index contributed by atoms with van der Waals surface area (Å²) < 4.78 is 0. The van der Waals surface area contributed by atoms with Gasteiger partial charge in [0.05, 0.1) is 13.1 Å². The van der Waals surface area contributed by atoms with Crippen molar-refractivity contribution in [3.8, 4) is 0 Å². The Bertz CT molecular complexity index is 701. The number of rotatable bonds is 5. The molecule has 25 heavy (non-hydrogen) atoms. The Balaban J connectivity index is 1.47. The number of carbonyl (C=O) groups excluding carboxylic acids is 1. The van der Waals surface area contributed by atoms with Crippen LogP contribution in [0.15, 0.2) is 29.8 Å². The molecule has 0 unspecified atom stereocenters. The third-order valence-electron chi connectivity index (χ3n) is 4.68. The molecule has 1 aromatic heterocycles. The Hall–Kier alpha value is -1.76. The van der Waals surface area contributed by atoms with E-state index in [-0.39, 0.29) is 5.91 Å². The van der Waals surface area contributed by atoms with Gasteiger partial charge in [-0.3, -0.25) is 14.6 Å². The number of nitrogens with zero attached hydrogens (tertiary/aromatic N) is 3. The molecule has 0 aliphatic carbocycles. The van der Waals surface area contributed by atoms with Gasteiger partial charge in [0.15, 0.2) is 0 Å². The predicted molar refractivity (Wildman–Crippen MR) is 103 cm³/mol. The van der Waals surface area contributed by atoms with Gasteiger partial charge in [0, 0.05) is 30.4 Å². The normalized spacial score (nSPS) is 16.6. The topological polar surface area (TPSA) is 48.5 Å². The summed E-state index contributed by atoms with van der Waals surface area (Å²) in [5.74, 6) is 0.0663. The monoisotopic (exact) mass is 358 g/mol.